The minimum Gasteiger partial charge on any atom is -0.397 e. The maximum atomic E-state index is 6.26. The summed E-state index contributed by atoms with van der Waals surface area (Å²) in [5.41, 5.74) is 8.13. The minimum atomic E-state index is 0.696. The van der Waals surface area contributed by atoms with Gasteiger partial charge in [-0.1, -0.05) is 6.07 Å². The molecule has 0 fully saturated rings. The number of hydrogen-bond donors (Lipinski definition) is 1. The van der Waals surface area contributed by atoms with Gasteiger partial charge in [-0.25, -0.2) is 0 Å². The zero-order chi connectivity index (χ0) is 13.0. The Hall–Kier alpha value is -1.81. The van der Waals surface area contributed by atoms with E-state index in [1.165, 1.54) is 0 Å². The predicted octanol–water partition coefficient (Wildman–Crippen LogP) is 2.29. The highest BCUT2D eigenvalue weighted by atomic mass is 16.5. The van der Waals surface area contributed by atoms with E-state index >= 15 is 0 Å². The Kier molecular flexibility index (Phi) is 3.99. The molecule has 1 aromatic carbocycles. The van der Waals surface area contributed by atoms with Crippen LogP contribution in [0.2, 0.25) is 0 Å². The molecule has 0 bridgehead atoms. The molecule has 2 rings (SSSR count). The number of likely N-dealkylation sites (N-methyl/N-ethyl adjacent to an activating group) is 1. The highest BCUT2D eigenvalue weighted by Crippen LogP contribution is 2.30. The lowest BCUT2D eigenvalue weighted by Gasteiger charge is -2.25. The summed E-state index contributed by atoms with van der Waals surface area (Å²) in [5.74, 6) is 0. The first-order valence-electron chi connectivity index (χ1n) is 6.14. The molecule has 4 heteroatoms. The molecule has 18 heavy (non-hydrogen) atoms. The number of rotatable bonds is 5. The first-order valence-corrected chi connectivity index (χ1v) is 6.14. The van der Waals surface area contributed by atoms with Crippen LogP contribution in [0.25, 0.3) is 10.8 Å². The Morgan fingerprint density at radius 3 is 2.89 bits per heavy atom. The molecular weight excluding hydrogens is 226 g/mol. The predicted molar refractivity (Wildman–Crippen MR) is 75.9 cm³/mol. The van der Waals surface area contributed by atoms with E-state index in [2.05, 4.69) is 28.9 Å². The molecule has 2 N–H and O–H groups in total. The molecule has 0 unspecified atom stereocenters. The number of nitrogens with two attached hydrogens (primary N) is 1. The Labute approximate surface area is 107 Å². The zero-order valence-electron chi connectivity index (χ0n) is 10.9. The van der Waals surface area contributed by atoms with Gasteiger partial charge in [0.25, 0.3) is 0 Å². The van der Waals surface area contributed by atoms with Gasteiger partial charge in [-0.15, -0.1) is 0 Å². The van der Waals surface area contributed by atoms with E-state index < -0.39 is 0 Å². The third-order valence-corrected chi connectivity index (χ3v) is 3.13. The summed E-state index contributed by atoms with van der Waals surface area (Å²) >= 11 is 0. The van der Waals surface area contributed by atoms with Crippen molar-refractivity contribution in [2.75, 3.05) is 37.4 Å². The van der Waals surface area contributed by atoms with E-state index in [1.54, 1.807) is 13.3 Å². The van der Waals surface area contributed by atoms with Gasteiger partial charge in [0.2, 0.25) is 0 Å². The summed E-state index contributed by atoms with van der Waals surface area (Å²) in [7, 11) is 1.71. The second kappa shape index (κ2) is 5.69. The van der Waals surface area contributed by atoms with Gasteiger partial charge in [0.1, 0.15) is 0 Å². The molecule has 0 saturated heterocycles. The SMILES string of the molecule is CCN(CCOC)c1ccc2cnccc2c1N. The van der Waals surface area contributed by atoms with Gasteiger partial charge >= 0.3 is 0 Å². The van der Waals surface area contributed by atoms with Crippen molar-refractivity contribution in [1.82, 2.24) is 4.98 Å². The monoisotopic (exact) mass is 245 g/mol. The van der Waals surface area contributed by atoms with Gasteiger partial charge in [0.15, 0.2) is 0 Å². The highest BCUT2D eigenvalue weighted by molar-refractivity contribution is 5.98. The van der Waals surface area contributed by atoms with Gasteiger partial charge in [-0.2, -0.15) is 0 Å². The fourth-order valence-electron chi connectivity index (χ4n) is 2.11. The maximum Gasteiger partial charge on any atom is 0.0637 e. The minimum absolute atomic E-state index is 0.696. The van der Waals surface area contributed by atoms with Crippen LogP contribution < -0.4 is 10.6 Å². The number of hydrogen-bond acceptors (Lipinski definition) is 4. The van der Waals surface area contributed by atoms with Crippen LogP contribution in [0.5, 0.6) is 0 Å². The van der Waals surface area contributed by atoms with Crippen LogP contribution in [-0.4, -0.2) is 31.8 Å². The Bertz CT molecular complexity index is 527. The van der Waals surface area contributed by atoms with Gasteiger partial charge < -0.3 is 15.4 Å². The summed E-state index contributed by atoms with van der Waals surface area (Å²) < 4.78 is 5.13. The quantitative estimate of drug-likeness (QED) is 0.821. The zero-order valence-corrected chi connectivity index (χ0v) is 10.9. The summed E-state index contributed by atoms with van der Waals surface area (Å²) in [6.07, 6.45) is 3.61. The third kappa shape index (κ3) is 2.38. The summed E-state index contributed by atoms with van der Waals surface area (Å²) in [6, 6.07) is 6.07. The number of anilines is 2. The van der Waals surface area contributed by atoms with E-state index in [4.69, 9.17) is 10.5 Å². The lowest BCUT2D eigenvalue weighted by Crippen LogP contribution is -2.27. The van der Waals surface area contributed by atoms with E-state index in [0.717, 1.165) is 35.2 Å². The molecule has 2 aromatic rings. The molecule has 96 valence electrons. The highest BCUT2D eigenvalue weighted by Gasteiger charge is 2.10. The van der Waals surface area contributed by atoms with Crippen LogP contribution in [0.4, 0.5) is 11.4 Å². The molecule has 0 atom stereocenters. The Morgan fingerprint density at radius 2 is 2.17 bits per heavy atom. The van der Waals surface area contributed by atoms with Crippen LogP contribution in [0, 0.1) is 0 Å². The lowest BCUT2D eigenvalue weighted by molar-refractivity contribution is 0.205. The second-order valence-electron chi connectivity index (χ2n) is 4.17. The molecule has 0 aliphatic carbocycles. The van der Waals surface area contributed by atoms with Crippen LogP contribution in [0.1, 0.15) is 6.92 Å². The van der Waals surface area contributed by atoms with Crippen molar-refractivity contribution in [3.8, 4) is 0 Å². The normalized spacial score (nSPS) is 10.8. The van der Waals surface area contributed by atoms with E-state index in [9.17, 15) is 0 Å². The van der Waals surface area contributed by atoms with Gasteiger partial charge in [0.05, 0.1) is 18.0 Å². The summed E-state index contributed by atoms with van der Waals surface area (Å²) in [6.45, 7) is 4.56. The molecule has 0 amide bonds. The molecule has 0 aliphatic rings. The molecule has 0 spiro atoms. The molecule has 0 radical (unpaired) electrons. The summed E-state index contributed by atoms with van der Waals surface area (Å²) in [4.78, 5) is 6.33. The first-order chi connectivity index (χ1) is 8.77. The van der Waals surface area contributed by atoms with Crippen molar-refractivity contribution < 1.29 is 4.74 Å². The number of benzene rings is 1. The standard InChI is InChI=1S/C14H19N3O/c1-3-17(8-9-18-2)13-5-4-11-10-16-7-6-12(11)14(13)15/h4-7,10H,3,8-9,15H2,1-2H3. The number of aromatic nitrogens is 1. The fraction of sp³-hybridized carbons (Fsp3) is 0.357. The Morgan fingerprint density at radius 1 is 1.33 bits per heavy atom. The first kappa shape index (κ1) is 12.6. The van der Waals surface area contributed by atoms with E-state index in [-0.39, 0.29) is 0 Å². The van der Waals surface area contributed by atoms with Crippen LogP contribution >= 0.6 is 0 Å². The molecule has 1 heterocycles. The fourth-order valence-corrected chi connectivity index (χ4v) is 2.11. The smallest absolute Gasteiger partial charge is 0.0637 e. The second-order valence-corrected chi connectivity index (χ2v) is 4.17. The van der Waals surface area contributed by atoms with Gasteiger partial charge in [-0.3, -0.25) is 4.98 Å². The average molecular weight is 245 g/mol. The maximum absolute atomic E-state index is 6.26. The number of fused-ring (bicyclic) bond motifs is 1. The molecule has 0 saturated carbocycles. The molecule has 1 aromatic heterocycles. The van der Waals surface area contributed by atoms with E-state index in [0.29, 0.717) is 6.61 Å². The van der Waals surface area contributed by atoms with E-state index in [1.807, 2.05) is 12.3 Å². The van der Waals surface area contributed by atoms with Gasteiger partial charge in [0, 0.05) is 43.4 Å². The van der Waals surface area contributed by atoms with Crippen LogP contribution in [-0.2, 0) is 4.74 Å². The number of ether oxygens (including phenoxy) is 1. The van der Waals surface area contributed by atoms with Crippen molar-refractivity contribution in [3.05, 3.63) is 30.6 Å². The van der Waals surface area contributed by atoms with Crippen LogP contribution in [0.3, 0.4) is 0 Å². The van der Waals surface area contributed by atoms with Crippen molar-refractivity contribution in [2.45, 2.75) is 6.92 Å². The lowest BCUT2D eigenvalue weighted by atomic mass is 10.1. The third-order valence-electron chi connectivity index (χ3n) is 3.13. The number of nitrogen functional groups attached to an aromatic ring is 1. The van der Waals surface area contributed by atoms with Gasteiger partial charge in [-0.05, 0) is 19.1 Å². The number of methoxy groups -OCH3 is 1. The average Bonchev–Trinajstić information content (AvgIpc) is 2.42. The Balaban J connectivity index is 2.40. The van der Waals surface area contributed by atoms with Crippen molar-refractivity contribution in [1.29, 1.82) is 0 Å². The van der Waals surface area contributed by atoms with Crippen molar-refractivity contribution >= 4 is 22.1 Å². The molecule has 0 aliphatic heterocycles. The van der Waals surface area contributed by atoms with Crippen molar-refractivity contribution in [2.24, 2.45) is 0 Å². The summed E-state index contributed by atoms with van der Waals surface area (Å²) in [5, 5.41) is 2.12. The van der Waals surface area contributed by atoms with Crippen LogP contribution in [0.15, 0.2) is 30.6 Å². The topological polar surface area (TPSA) is 51.4 Å². The molecule has 4 nitrogen and oxygen atoms in total. The molecular formula is C14H19N3O. The number of pyridine rings is 1. The number of nitrogens with zero attached hydrogens (tertiary/aromatic N) is 2. The van der Waals surface area contributed by atoms with Crippen molar-refractivity contribution in [3.63, 3.8) is 0 Å². The largest absolute Gasteiger partial charge is 0.397 e.